The van der Waals surface area contributed by atoms with E-state index in [-0.39, 0.29) is 15.6 Å². The van der Waals surface area contributed by atoms with Crippen molar-refractivity contribution in [3.63, 3.8) is 0 Å². The van der Waals surface area contributed by atoms with Gasteiger partial charge in [-0.05, 0) is 88.2 Å². The first kappa shape index (κ1) is 29.9. The van der Waals surface area contributed by atoms with E-state index in [2.05, 4.69) is 111 Å². The van der Waals surface area contributed by atoms with Gasteiger partial charge in [0.1, 0.15) is 10.9 Å². The van der Waals surface area contributed by atoms with Gasteiger partial charge in [-0.3, -0.25) is 14.5 Å². The summed E-state index contributed by atoms with van der Waals surface area (Å²) in [6.45, 7) is 8.44. The summed E-state index contributed by atoms with van der Waals surface area (Å²) in [7, 11) is 0. The lowest BCUT2D eigenvalue weighted by Crippen LogP contribution is -2.33. The van der Waals surface area contributed by atoms with Crippen molar-refractivity contribution in [2.75, 3.05) is 11.4 Å². The first-order chi connectivity index (χ1) is 21.1. The number of carbonyl (C=O) groups excluding carboxylic acids is 1. The van der Waals surface area contributed by atoms with E-state index >= 15 is 0 Å². The fourth-order valence-corrected chi connectivity index (χ4v) is 7.60. The van der Waals surface area contributed by atoms with Crippen LogP contribution in [0.3, 0.4) is 0 Å². The molecular formula is C37H34N2O3S2. The van der Waals surface area contributed by atoms with Gasteiger partial charge in [0.15, 0.2) is 0 Å². The number of thiocarbonyl (C=S) groups is 1. The SMILES string of the molecule is CCc1cc(-c2ccc3c(c2)C(C)(C)c2ccccc2N3c2ccccc2)c(CC)cc1/C=C1\SC(=S)N(CC(=O)O)C1=O. The molecule has 5 nitrogen and oxygen atoms in total. The van der Waals surface area contributed by atoms with Gasteiger partial charge in [-0.1, -0.05) is 106 Å². The number of hydrogen-bond acceptors (Lipinski definition) is 5. The molecule has 222 valence electrons. The maximum atomic E-state index is 13.0. The van der Waals surface area contributed by atoms with Crippen LogP contribution >= 0.6 is 24.0 Å². The summed E-state index contributed by atoms with van der Waals surface area (Å²) >= 11 is 6.48. The van der Waals surface area contributed by atoms with Crippen molar-refractivity contribution in [2.24, 2.45) is 0 Å². The second-order valence-electron chi connectivity index (χ2n) is 11.6. The van der Waals surface area contributed by atoms with Crippen molar-refractivity contribution >= 4 is 63.3 Å². The van der Waals surface area contributed by atoms with Gasteiger partial charge >= 0.3 is 5.97 Å². The monoisotopic (exact) mass is 618 g/mol. The lowest BCUT2D eigenvalue weighted by molar-refractivity contribution is -0.140. The number of aliphatic carboxylic acids is 1. The van der Waals surface area contributed by atoms with Crippen LogP contribution in [-0.2, 0) is 27.8 Å². The minimum Gasteiger partial charge on any atom is -0.480 e. The van der Waals surface area contributed by atoms with Crippen LogP contribution in [0.2, 0.25) is 0 Å². The molecule has 0 spiro atoms. The number of carboxylic acids is 1. The molecule has 1 N–H and O–H groups in total. The number of amides is 1. The molecule has 0 bridgehead atoms. The number of nitrogens with zero attached hydrogens (tertiary/aromatic N) is 2. The number of fused-ring (bicyclic) bond motifs is 2. The predicted molar refractivity (Wildman–Crippen MR) is 185 cm³/mol. The Kier molecular flexibility index (Phi) is 7.95. The molecule has 0 unspecified atom stereocenters. The molecule has 2 heterocycles. The Morgan fingerprint density at radius 2 is 1.57 bits per heavy atom. The fourth-order valence-electron chi connectivity index (χ4n) is 6.35. The first-order valence-electron chi connectivity index (χ1n) is 14.9. The third-order valence-corrected chi connectivity index (χ3v) is 10.0. The molecule has 0 saturated carbocycles. The van der Waals surface area contributed by atoms with Crippen LogP contribution in [0.25, 0.3) is 17.2 Å². The van der Waals surface area contributed by atoms with Crippen LogP contribution in [0.5, 0.6) is 0 Å². The molecule has 2 aliphatic heterocycles. The number of para-hydroxylation sites is 2. The average Bonchev–Trinajstić information content (AvgIpc) is 3.28. The van der Waals surface area contributed by atoms with Crippen LogP contribution < -0.4 is 4.90 Å². The molecule has 1 amide bonds. The van der Waals surface area contributed by atoms with Crippen molar-refractivity contribution in [3.05, 3.63) is 118 Å². The van der Waals surface area contributed by atoms with Gasteiger partial charge in [-0.2, -0.15) is 0 Å². The van der Waals surface area contributed by atoms with E-state index in [0.29, 0.717) is 4.91 Å². The summed E-state index contributed by atoms with van der Waals surface area (Å²) in [5.41, 5.74) is 11.5. The van der Waals surface area contributed by atoms with Crippen LogP contribution in [0, 0.1) is 0 Å². The molecule has 1 fully saturated rings. The molecule has 6 rings (SSSR count). The van der Waals surface area contributed by atoms with Crippen molar-refractivity contribution in [1.29, 1.82) is 0 Å². The van der Waals surface area contributed by atoms with Crippen LogP contribution in [0.4, 0.5) is 17.1 Å². The van der Waals surface area contributed by atoms with Crippen LogP contribution in [0.15, 0.2) is 89.8 Å². The van der Waals surface area contributed by atoms with Crippen molar-refractivity contribution in [2.45, 2.75) is 46.0 Å². The van der Waals surface area contributed by atoms with Gasteiger partial charge in [-0.15, -0.1) is 0 Å². The highest BCUT2D eigenvalue weighted by atomic mass is 32.2. The van der Waals surface area contributed by atoms with Gasteiger partial charge < -0.3 is 10.0 Å². The average molecular weight is 619 g/mol. The molecule has 2 aliphatic rings. The summed E-state index contributed by atoms with van der Waals surface area (Å²) in [6.07, 6.45) is 3.47. The quantitative estimate of drug-likeness (QED) is 0.165. The second kappa shape index (κ2) is 11.7. The zero-order chi connectivity index (χ0) is 31.2. The number of carbonyl (C=O) groups is 2. The molecule has 0 aliphatic carbocycles. The molecule has 0 radical (unpaired) electrons. The van der Waals surface area contributed by atoms with Crippen LogP contribution in [-0.4, -0.2) is 32.7 Å². The molecule has 7 heteroatoms. The van der Waals surface area contributed by atoms with Gasteiger partial charge in [-0.25, -0.2) is 0 Å². The predicted octanol–water partition coefficient (Wildman–Crippen LogP) is 8.87. The largest absolute Gasteiger partial charge is 0.480 e. The minimum absolute atomic E-state index is 0.210. The molecule has 0 atom stereocenters. The summed E-state index contributed by atoms with van der Waals surface area (Å²) in [4.78, 5) is 28.2. The molecule has 4 aromatic carbocycles. The number of hydrogen-bond donors (Lipinski definition) is 1. The summed E-state index contributed by atoms with van der Waals surface area (Å²) in [5.74, 6) is -1.44. The summed E-state index contributed by atoms with van der Waals surface area (Å²) in [5, 5.41) is 9.22. The molecular weight excluding hydrogens is 585 g/mol. The lowest BCUT2D eigenvalue weighted by Gasteiger charge is -2.42. The zero-order valence-electron chi connectivity index (χ0n) is 25.3. The van der Waals surface area contributed by atoms with E-state index in [0.717, 1.165) is 51.9 Å². The maximum absolute atomic E-state index is 13.0. The highest BCUT2D eigenvalue weighted by molar-refractivity contribution is 8.26. The summed E-state index contributed by atoms with van der Waals surface area (Å²) < 4.78 is 0.275. The second-order valence-corrected chi connectivity index (χ2v) is 13.3. The van der Waals surface area contributed by atoms with E-state index in [1.807, 2.05) is 12.1 Å². The Balaban J connectivity index is 1.46. The molecule has 4 aromatic rings. The smallest absolute Gasteiger partial charge is 0.323 e. The van der Waals surface area contributed by atoms with Gasteiger partial charge in [0.2, 0.25) is 0 Å². The molecule has 44 heavy (non-hydrogen) atoms. The first-order valence-corrected chi connectivity index (χ1v) is 16.1. The maximum Gasteiger partial charge on any atom is 0.323 e. The van der Waals surface area contributed by atoms with Gasteiger partial charge in [0.05, 0.1) is 16.3 Å². The number of thioether (sulfide) groups is 1. The number of carboxylic acid groups (broad SMARTS) is 1. The number of rotatable bonds is 7. The van der Waals surface area contributed by atoms with E-state index in [9.17, 15) is 14.7 Å². The highest BCUT2D eigenvalue weighted by Crippen LogP contribution is 2.52. The Morgan fingerprint density at radius 3 is 2.27 bits per heavy atom. The fraction of sp³-hybridized carbons (Fsp3) is 0.216. The highest BCUT2D eigenvalue weighted by Gasteiger charge is 2.37. The molecule has 1 saturated heterocycles. The van der Waals surface area contributed by atoms with Crippen molar-refractivity contribution in [1.82, 2.24) is 4.90 Å². The Morgan fingerprint density at radius 1 is 0.886 bits per heavy atom. The minimum atomic E-state index is -1.09. The number of aryl methyl sites for hydroxylation is 2. The number of anilines is 3. The third-order valence-electron chi connectivity index (χ3n) is 8.63. The van der Waals surface area contributed by atoms with Gasteiger partial charge in [0.25, 0.3) is 5.91 Å². The standard InChI is InChI=1S/C37H34N2O3S2/c1-5-23-19-28(24(6-2)18-26(23)21-33-35(42)38(22-34(40)41)36(43)44-33)25-16-17-32-30(20-25)37(3,4)29-14-10-11-15-31(29)39(32)27-12-8-7-9-13-27/h7-21H,5-6,22H2,1-4H3,(H,40,41)/b33-21-. The van der Waals surface area contributed by atoms with Crippen molar-refractivity contribution < 1.29 is 14.7 Å². The zero-order valence-corrected chi connectivity index (χ0v) is 26.9. The normalized spacial score (nSPS) is 16.3. The number of benzene rings is 4. The van der Waals surface area contributed by atoms with E-state index in [1.165, 1.54) is 33.6 Å². The third kappa shape index (κ3) is 5.14. The van der Waals surface area contributed by atoms with E-state index in [1.54, 1.807) is 0 Å². The Labute approximate surface area is 268 Å². The van der Waals surface area contributed by atoms with Crippen molar-refractivity contribution in [3.8, 4) is 11.1 Å². The van der Waals surface area contributed by atoms with Crippen LogP contribution in [0.1, 0.15) is 55.5 Å². The van der Waals surface area contributed by atoms with E-state index < -0.39 is 12.5 Å². The molecule has 0 aromatic heterocycles. The summed E-state index contributed by atoms with van der Waals surface area (Å²) in [6, 6.07) is 30.5. The van der Waals surface area contributed by atoms with E-state index in [4.69, 9.17) is 12.2 Å². The topological polar surface area (TPSA) is 60.9 Å². The lowest BCUT2D eigenvalue weighted by atomic mass is 9.72. The van der Waals surface area contributed by atoms with Gasteiger partial charge in [0, 0.05) is 11.1 Å². The Bertz CT molecular complexity index is 1850. The Hall–Kier alpha value is -4.20.